The van der Waals surface area contributed by atoms with Gasteiger partial charge in [-0.2, -0.15) is 0 Å². The maximum Gasteiger partial charge on any atom is 0.243 e. The number of thioether (sulfide) groups is 1. The van der Waals surface area contributed by atoms with E-state index in [1.807, 2.05) is 54.6 Å². The summed E-state index contributed by atoms with van der Waals surface area (Å²) in [4.78, 5) is 69.3. The van der Waals surface area contributed by atoms with Gasteiger partial charge < -0.3 is 31.9 Å². The van der Waals surface area contributed by atoms with Crippen molar-refractivity contribution in [2.24, 2.45) is 0 Å². The summed E-state index contributed by atoms with van der Waals surface area (Å²) in [5, 5.41) is 15.6. The number of hydrogen-bond donors (Lipinski definition) is 6. The van der Waals surface area contributed by atoms with E-state index < -0.39 is 22.9 Å². The summed E-state index contributed by atoms with van der Waals surface area (Å²) in [5.41, 5.74) is 3.39. The van der Waals surface area contributed by atoms with E-state index in [0.717, 1.165) is 16.7 Å². The van der Waals surface area contributed by atoms with Crippen LogP contribution in [0.2, 0.25) is 0 Å². The van der Waals surface area contributed by atoms with Crippen LogP contribution >= 0.6 is 33.3 Å². The van der Waals surface area contributed by atoms with Gasteiger partial charge in [-0.25, -0.2) is 0 Å². The summed E-state index contributed by atoms with van der Waals surface area (Å²) < 4.78 is -0.508. The third-order valence-corrected chi connectivity index (χ3v) is 11.8. The number of carbonyl (C=O) groups is 6. The maximum atomic E-state index is 12.3. The predicted octanol–water partition coefficient (Wildman–Crippen LogP) is 1.56. The topological polar surface area (TPSA) is 175 Å². The van der Waals surface area contributed by atoms with Gasteiger partial charge in [0.15, 0.2) is 0 Å². The lowest BCUT2D eigenvalue weighted by Crippen LogP contribution is -2.57. The van der Waals surface area contributed by atoms with E-state index in [-0.39, 0.29) is 62.5 Å². The van der Waals surface area contributed by atoms with Crippen molar-refractivity contribution in [3.05, 3.63) is 108 Å². The van der Waals surface area contributed by atoms with Crippen LogP contribution in [-0.4, -0.2) is 90.5 Å². The Bertz CT molecular complexity index is 1510. The molecule has 0 bridgehead atoms. The molecule has 0 radical (unpaired) electrons. The number of nitrogens with one attached hydrogen (secondary N) is 6. The Hall–Kier alpha value is -4.47. The lowest BCUT2D eigenvalue weighted by atomic mass is 9.84. The van der Waals surface area contributed by atoms with Crippen molar-refractivity contribution in [3.8, 4) is 0 Å². The van der Waals surface area contributed by atoms with Crippen molar-refractivity contribution in [2.45, 2.75) is 30.3 Å². The van der Waals surface area contributed by atoms with Crippen LogP contribution in [0.4, 0.5) is 0 Å². The van der Waals surface area contributed by atoms with Crippen molar-refractivity contribution >= 4 is 68.8 Å². The Balaban J connectivity index is 0.000000236. The second-order valence-electron chi connectivity index (χ2n) is 11.2. The van der Waals surface area contributed by atoms with Crippen molar-refractivity contribution in [3.63, 3.8) is 0 Å². The van der Waals surface area contributed by atoms with Gasteiger partial charge in [-0.1, -0.05) is 120 Å². The van der Waals surface area contributed by atoms with Crippen LogP contribution in [0.25, 0.3) is 0 Å². The van der Waals surface area contributed by atoms with Crippen LogP contribution in [-0.2, 0) is 33.5 Å². The van der Waals surface area contributed by atoms with Gasteiger partial charge in [0.25, 0.3) is 0 Å². The third-order valence-electron chi connectivity index (χ3n) is 7.78. The molecule has 15 heteroatoms. The Morgan fingerprint density at radius 2 is 0.780 bits per heavy atom. The highest BCUT2D eigenvalue weighted by atomic mass is 33.1. The first-order valence-corrected chi connectivity index (χ1v) is 19.0. The van der Waals surface area contributed by atoms with Crippen LogP contribution in [0.3, 0.4) is 0 Å². The molecule has 0 unspecified atom stereocenters. The molecule has 6 rings (SSSR count). The molecule has 3 aliphatic heterocycles. The highest BCUT2D eigenvalue weighted by Crippen LogP contribution is 2.48. The third kappa shape index (κ3) is 9.82. The summed E-state index contributed by atoms with van der Waals surface area (Å²) in [6.45, 7) is 0.0735. The molecule has 0 aliphatic carbocycles. The summed E-state index contributed by atoms with van der Waals surface area (Å²) in [6.07, 6.45) is 0. The second kappa shape index (κ2) is 18.5. The molecule has 264 valence electrons. The molecule has 3 aromatic carbocycles. The van der Waals surface area contributed by atoms with Gasteiger partial charge in [0, 0.05) is 17.3 Å². The molecule has 3 saturated heterocycles. The van der Waals surface area contributed by atoms with Crippen molar-refractivity contribution < 1.29 is 28.8 Å². The summed E-state index contributed by atoms with van der Waals surface area (Å²) in [6, 6.07) is 29.3. The Morgan fingerprint density at radius 3 is 1.10 bits per heavy atom. The molecular weight excluding hydrogens is 697 g/mol. The summed E-state index contributed by atoms with van der Waals surface area (Å²) in [5.74, 6) is 0.145. The zero-order valence-electron chi connectivity index (χ0n) is 26.3. The van der Waals surface area contributed by atoms with E-state index in [9.17, 15) is 28.8 Å². The number of rotatable bonds is 11. The molecule has 3 aliphatic rings. The minimum Gasteiger partial charge on any atom is -0.345 e. The Kier molecular flexibility index (Phi) is 14.2. The fourth-order valence-corrected chi connectivity index (χ4v) is 9.25. The number of piperazine rings is 3. The molecule has 12 nitrogen and oxygen atoms in total. The molecule has 3 aromatic rings. The molecule has 0 saturated carbocycles. The molecule has 6 amide bonds. The maximum absolute atomic E-state index is 12.3. The van der Waals surface area contributed by atoms with E-state index in [1.165, 1.54) is 21.6 Å². The van der Waals surface area contributed by atoms with Crippen LogP contribution in [0.15, 0.2) is 91.0 Å². The molecule has 0 aromatic heterocycles. The van der Waals surface area contributed by atoms with Crippen molar-refractivity contribution in [1.29, 1.82) is 0 Å². The Morgan fingerprint density at radius 1 is 0.480 bits per heavy atom. The van der Waals surface area contributed by atoms with Crippen LogP contribution in [0.1, 0.15) is 24.1 Å². The van der Waals surface area contributed by atoms with E-state index in [0.29, 0.717) is 17.3 Å². The first-order chi connectivity index (χ1) is 23.8. The van der Waals surface area contributed by atoms with Crippen molar-refractivity contribution in [1.82, 2.24) is 31.9 Å². The lowest BCUT2D eigenvalue weighted by molar-refractivity contribution is -0.133. The number of hydrogen-bond acceptors (Lipinski definition) is 9. The zero-order valence-corrected chi connectivity index (χ0v) is 28.8. The van der Waals surface area contributed by atoms with Gasteiger partial charge in [0.05, 0.1) is 24.4 Å². The van der Waals surface area contributed by atoms with E-state index in [4.69, 9.17) is 0 Å². The van der Waals surface area contributed by atoms with E-state index in [1.54, 1.807) is 11.8 Å². The normalized spacial score (nSPS) is 20.3. The van der Waals surface area contributed by atoms with Gasteiger partial charge in [-0.15, -0.1) is 11.8 Å². The second-order valence-corrected chi connectivity index (χ2v) is 15.0. The van der Waals surface area contributed by atoms with Crippen LogP contribution < -0.4 is 31.9 Å². The average molecular weight is 737 g/mol. The Labute approximate surface area is 303 Å². The fourth-order valence-electron chi connectivity index (χ4n) is 5.37. The average Bonchev–Trinajstić information content (AvgIpc) is 3.13. The molecule has 50 heavy (non-hydrogen) atoms. The first kappa shape index (κ1) is 38.3. The number of benzene rings is 3. The minimum atomic E-state index is -0.559. The lowest BCUT2D eigenvalue weighted by Gasteiger charge is -2.37. The van der Waals surface area contributed by atoms with Crippen molar-refractivity contribution in [2.75, 3.05) is 36.9 Å². The highest BCUT2D eigenvalue weighted by Gasteiger charge is 2.39. The summed E-state index contributed by atoms with van der Waals surface area (Å²) >= 11 is 1.67. The van der Waals surface area contributed by atoms with Gasteiger partial charge in [0.1, 0.15) is 18.1 Å². The molecule has 0 spiro atoms. The van der Waals surface area contributed by atoms with Gasteiger partial charge in [0.2, 0.25) is 35.4 Å². The SMILES string of the molecule is C.O=C1CNC(=O)[C@H](CSC(c2ccccc2)(c2ccccc2)c2ccccc2)N1.O=C1CNC(=O)[C@H](CSSC[C@@H]2NC(=O)CNC2=O)N1. The smallest absolute Gasteiger partial charge is 0.243 e. The highest BCUT2D eigenvalue weighted by molar-refractivity contribution is 8.76. The first-order valence-electron chi connectivity index (χ1n) is 15.5. The van der Waals surface area contributed by atoms with Gasteiger partial charge >= 0.3 is 0 Å². The zero-order chi connectivity index (χ0) is 34.6. The van der Waals surface area contributed by atoms with E-state index >= 15 is 0 Å². The molecule has 3 atom stereocenters. The summed E-state index contributed by atoms with van der Waals surface area (Å²) in [7, 11) is 2.74. The molecule has 3 heterocycles. The minimum absolute atomic E-state index is 0. The number of carbonyl (C=O) groups excluding carboxylic acids is 6. The van der Waals surface area contributed by atoms with E-state index in [2.05, 4.69) is 68.3 Å². The molecule has 6 N–H and O–H groups in total. The quantitative estimate of drug-likeness (QED) is 0.0971. The predicted molar refractivity (Wildman–Crippen MR) is 198 cm³/mol. The monoisotopic (exact) mass is 736 g/mol. The largest absolute Gasteiger partial charge is 0.345 e. The molecule has 3 fully saturated rings. The standard InChI is InChI=1S/C24H22N2O2S.C10H14N4O4S2.CH4/c27-22-16-25-23(28)21(26-22)17-29-24(18-10-4-1-5-11-18,19-12-6-2-7-13-19)20-14-8-3-9-15-20;15-7-1-11-9(17)5(13-7)3-19-20-4-6-10(18)12-2-8(16)14-6;/h1-15,21H,16-17H2,(H,25,28)(H,26,27);5-6H,1-4H2,(H,11,17)(H,12,18)(H,13,15)(H,14,16);1H4/t21-;5-,6-;/m00./s1. The van der Waals surface area contributed by atoms with Gasteiger partial charge in [-0.3, -0.25) is 28.8 Å². The molecular formula is C35H40N6O6S3. The van der Waals surface area contributed by atoms with Gasteiger partial charge in [-0.05, 0) is 16.7 Å². The fraction of sp³-hybridized carbons (Fsp3) is 0.314. The van der Waals surface area contributed by atoms with Crippen LogP contribution in [0, 0.1) is 0 Å². The van der Waals surface area contributed by atoms with Crippen LogP contribution in [0.5, 0.6) is 0 Å². The number of amides is 6.